The number of carbonyl (C=O) groups is 2. The van der Waals surface area contributed by atoms with Crippen molar-refractivity contribution in [3.63, 3.8) is 0 Å². The first-order valence-corrected chi connectivity index (χ1v) is 8.00. The normalized spacial score (nSPS) is 15.0. The Morgan fingerprint density at radius 3 is 2.50 bits per heavy atom. The van der Waals surface area contributed by atoms with Crippen molar-refractivity contribution in [2.45, 2.75) is 25.9 Å². The predicted octanol–water partition coefficient (Wildman–Crippen LogP) is 2.75. The van der Waals surface area contributed by atoms with Crippen LogP contribution in [0.25, 0.3) is 0 Å². The van der Waals surface area contributed by atoms with E-state index in [4.69, 9.17) is 9.15 Å². The van der Waals surface area contributed by atoms with Crippen LogP contribution in [0.4, 0.5) is 5.69 Å². The number of benzene rings is 1. The summed E-state index contributed by atoms with van der Waals surface area (Å²) in [5, 5.41) is 5.97. The van der Waals surface area contributed by atoms with Gasteiger partial charge in [-0.2, -0.15) is 0 Å². The summed E-state index contributed by atoms with van der Waals surface area (Å²) in [6, 6.07) is 8.38. The Morgan fingerprint density at radius 1 is 1.17 bits per heavy atom. The summed E-state index contributed by atoms with van der Waals surface area (Å²) in [5.41, 5.74) is 1.84. The standard InChI is InChI=1S/C18H20N2O4/c1-12-8-11-23-16(12)17(21)20-14-4-2-13(3-5-14)18(22)24-15-6-9-19-10-7-15/h2-5,8,11,15,19H,6-7,9-10H2,1H3,(H,20,21). The summed E-state index contributed by atoms with van der Waals surface area (Å²) in [4.78, 5) is 24.2. The van der Waals surface area contributed by atoms with Gasteiger partial charge in [0.05, 0.1) is 11.8 Å². The van der Waals surface area contributed by atoms with E-state index >= 15 is 0 Å². The van der Waals surface area contributed by atoms with E-state index in [-0.39, 0.29) is 23.7 Å². The molecule has 6 heteroatoms. The average Bonchev–Trinajstić information content (AvgIpc) is 3.02. The molecule has 3 rings (SSSR count). The number of ether oxygens (including phenoxy) is 1. The third-order valence-corrected chi connectivity index (χ3v) is 4.01. The van der Waals surface area contributed by atoms with Crippen LogP contribution in [0.5, 0.6) is 0 Å². The molecule has 126 valence electrons. The van der Waals surface area contributed by atoms with Crippen LogP contribution in [0, 0.1) is 6.92 Å². The smallest absolute Gasteiger partial charge is 0.338 e. The molecule has 1 amide bonds. The number of carbonyl (C=O) groups excluding carboxylic acids is 2. The molecule has 2 aromatic rings. The zero-order valence-corrected chi connectivity index (χ0v) is 13.5. The monoisotopic (exact) mass is 328 g/mol. The zero-order valence-electron chi connectivity index (χ0n) is 13.5. The minimum Gasteiger partial charge on any atom is -0.459 e. The molecule has 1 fully saturated rings. The van der Waals surface area contributed by atoms with E-state index in [1.807, 2.05) is 0 Å². The maximum atomic E-state index is 12.1. The Hall–Kier alpha value is -2.60. The molecule has 2 N–H and O–H groups in total. The van der Waals surface area contributed by atoms with Gasteiger partial charge in [0.1, 0.15) is 6.10 Å². The lowest BCUT2D eigenvalue weighted by atomic mass is 10.1. The molecule has 1 aliphatic rings. The number of aryl methyl sites for hydroxylation is 1. The van der Waals surface area contributed by atoms with E-state index in [9.17, 15) is 9.59 Å². The molecule has 2 heterocycles. The lowest BCUT2D eigenvalue weighted by Gasteiger charge is -2.22. The van der Waals surface area contributed by atoms with E-state index in [2.05, 4.69) is 10.6 Å². The first kappa shape index (κ1) is 16.3. The Labute approximate surface area is 140 Å². The molecule has 1 aromatic heterocycles. The number of esters is 1. The average molecular weight is 328 g/mol. The van der Waals surface area contributed by atoms with Crippen molar-refractivity contribution in [2.24, 2.45) is 0 Å². The van der Waals surface area contributed by atoms with Gasteiger partial charge in [0.15, 0.2) is 5.76 Å². The van der Waals surface area contributed by atoms with E-state index < -0.39 is 0 Å². The molecular formula is C18H20N2O4. The SMILES string of the molecule is Cc1ccoc1C(=O)Nc1ccc(C(=O)OC2CCNCC2)cc1. The Balaban J connectivity index is 1.59. The zero-order chi connectivity index (χ0) is 16.9. The predicted molar refractivity (Wildman–Crippen MR) is 89.1 cm³/mol. The van der Waals surface area contributed by atoms with Crippen molar-refractivity contribution in [3.8, 4) is 0 Å². The van der Waals surface area contributed by atoms with Gasteiger partial charge >= 0.3 is 5.97 Å². The number of anilines is 1. The highest BCUT2D eigenvalue weighted by Gasteiger charge is 2.18. The molecule has 0 atom stereocenters. The van der Waals surface area contributed by atoms with Gasteiger partial charge in [-0.25, -0.2) is 4.79 Å². The van der Waals surface area contributed by atoms with Crippen molar-refractivity contribution < 1.29 is 18.7 Å². The van der Waals surface area contributed by atoms with Gasteiger partial charge in [0, 0.05) is 11.3 Å². The maximum absolute atomic E-state index is 12.1. The van der Waals surface area contributed by atoms with Crippen LogP contribution in [0.3, 0.4) is 0 Å². The molecule has 24 heavy (non-hydrogen) atoms. The van der Waals surface area contributed by atoms with E-state index in [0.29, 0.717) is 11.3 Å². The topological polar surface area (TPSA) is 80.6 Å². The summed E-state index contributed by atoms with van der Waals surface area (Å²) in [7, 11) is 0. The number of nitrogens with one attached hydrogen (secondary N) is 2. The van der Waals surface area contributed by atoms with Crippen molar-refractivity contribution in [3.05, 3.63) is 53.5 Å². The van der Waals surface area contributed by atoms with Crippen LogP contribution in [0.1, 0.15) is 39.3 Å². The quantitative estimate of drug-likeness (QED) is 0.844. The second-order valence-electron chi connectivity index (χ2n) is 5.82. The molecule has 0 bridgehead atoms. The summed E-state index contributed by atoms with van der Waals surface area (Å²) >= 11 is 0. The van der Waals surface area contributed by atoms with Gasteiger partial charge in [-0.1, -0.05) is 0 Å². The van der Waals surface area contributed by atoms with Crippen LogP contribution in [0.15, 0.2) is 41.0 Å². The summed E-state index contributed by atoms with van der Waals surface area (Å²) in [6.07, 6.45) is 3.12. The largest absolute Gasteiger partial charge is 0.459 e. The van der Waals surface area contributed by atoms with Crippen molar-refractivity contribution in [2.75, 3.05) is 18.4 Å². The fourth-order valence-electron chi connectivity index (χ4n) is 2.62. The second-order valence-corrected chi connectivity index (χ2v) is 5.82. The molecule has 0 spiro atoms. The van der Waals surface area contributed by atoms with Gasteiger partial charge in [0.25, 0.3) is 5.91 Å². The molecule has 0 unspecified atom stereocenters. The number of rotatable bonds is 4. The Kier molecular flexibility index (Phi) is 4.96. The number of hydrogen-bond donors (Lipinski definition) is 2. The van der Waals surface area contributed by atoms with Crippen LogP contribution in [-0.4, -0.2) is 31.1 Å². The highest BCUT2D eigenvalue weighted by atomic mass is 16.5. The molecule has 0 aliphatic carbocycles. The number of piperidine rings is 1. The molecule has 1 aliphatic heterocycles. The fraction of sp³-hybridized carbons (Fsp3) is 0.333. The fourth-order valence-corrected chi connectivity index (χ4v) is 2.62. The second kappa shape index (κ2) is 7.31. The summed E-state index contributed by atoms with van der Waals surface area (Å²) < 4.78 is 10.6. The number of hydrogen-bond acceptors (Lipinski definition) is 5. The first-order chi connectivity index (χ1) is 11.6. The number of amides is 1. The summed E-state index contributed by atoms with van der Waals surface area (Å²) in [6.45, 7) is 3.54. The van der Waals surface area contributed by atoms with Gasteiger partial charge < -0.3 is 19.8 Å². The minimum atomic E-state index is -0.332. The number of furan rings is 1. The highest BCUT2D eigenvalue weighted by Crippen LogP contribution is 2.16. The van der Waals surface area contributed by atoms with Crippen molar-refractivity contribution in [1.29, 1.82) is 0 Å². The third-order valence-electron chi connectivity index (χ3n) is 4.01. The van der Waals surface area contributed by atoms with Crippen LogP contribution >= 0.6 is 0 Å². The van der Waals surface area contributed by atoms with Crippen molar-refractivity contribution in [1.82, 2.24) is 5.32 Å². The molecular weight excluding hydrogens is 308 g/mol. The molecule has 1 saturated heterocycles. The Morgan fingerprint density at radius 2 is 1.88 bits per heavy atom. The van der Waals surface area contributed by atoms with E-state index in [1.54, 1.807) is 37.3 Å². The van der Waals surface area contributed by atoms with Gasteiger partial charge in [0.2, 0.25) is 0 Å². The Bertz CT molecular complexity index is 715. The van der Waals surface area contributed by atoms with E-state index in [0.717, 1.165) is 31.5 Å². The van der Waals surface area contributed by atoms with Crippen LogP contribution in [0.2, 0.25) is 0 Å². The van der Waals surface area contributed by atoms with Crippen LogP contribution in [-0.2, 0) is 4.74 Å². The van der Waals surface area contributed by atoms with Crippen molar-refractivity contribution >= 4 is 17.6 Å². The highest BCUT2D eigenvalue weighted by molar-refractivity contribution is 6.03. The maximum Gasteiger partial charge on any atom is 0.338 e. The lowest BCUT2D eigenvalue weighted by molar-refractivity contribution is 0.0229. The molecule has 0 radical (unpaired) electrons. The van der Waals surface area contributed by atoms with Gasteiger partial charge in [-0.3, -0.25) is 4.79 Å². The summed E-state index contributed by atoms with van der Waals surface area (Å²) in [5.74, 6) is -0.367. The first-order valence-electron chi connectivity index (χ1n) is 8.00. The molecule has 0 saturated carbocycles. The third kappa shape index (κ3) is 3.83. The lowest BCUT2D eigenvalue weighted by Crippen LogP contribution is -2.33. The van der Waals surface area contributed by atoms with Gasteiger partial charge in [-0.05, 0) is 63.2 Å². The van der Waals surface area contributed by atoms with E-state index in [1.165, 1.54) is 6.26 Å². The van der Waals surface area contributed by atoms with Crippen LogP contribution < -0.4 is 10.6 Å². The minimum absolute atomic E-state index is 0.0277. The van der Waals surface area contributed by atoms with Gasteiger partial charge in [-0.15, -0.1) is 0 Å². The molecule has 6 nitrogen and oxygen atoms in total. The molecule has 1 aromatic carbocycles.